The van der Waals surface area contributed by atoms with Crippen molar-refractivity contribution in [2.45, 2.75) is 6.42 Å². The van der Waals surface area contributed by atoms with Crippen molar-refractivity contribution in [2.24, 2.45) is 0 Å². The summed E-state index contributed by atoms with van der Waals surface area (Å²) in [5.74, 6) is 0.758. The van der Waals surface area contributed by atoms with Gasteiger partial charge in [-0.2, -0.15) is 5.26 Å². The molecule has 1 aliphatic rings. The van der Waals surface area contributed by atoms with E-state index < -0.39 is 4.92 Å². The molecule has 3 aromatic carbocycles. The number of fused-ring (bicyclic) bond motifs is 3. The van der Waals surface area contributed by atoms with E-state index in [1.54, 1.807) is 51.8 Å². The number of aromatic nitrogens is 4. The van der Waals surface area contributed by atoms with Crippen molar-refractivity contribution in [1.29, 1.82) is 5.26 Å². The Morgan fingerprint density at radius 1 is 0.949 bits per heavy atom. The van der Waals surface area contributed by atoms with Crippen molar-refractivity contribution in [3.05, 3.63) is 94.0 Å². The fourth-order valence-electron chi connectivity index (χ4n) is 5.00. The normalized spacial score (nSPS) is 13.8. The number of nitriles is 1. The lowest BCUT2D eigenvalue weighted by atomic mass is 10.1. The number of hydrogen-bond acceptors (Lipinski definition) is 8. The lowest BCUT2D eigenvalue weighted by Gasteiger charge is -2.24. The Balaban J connectivity index is 1.42. The third-order valence-electron chi connectivity index (χ3n) is 6.87. The molecule has 1 saturated heterocycles. The van der Waals surface area contributed by atoms with Crippen LogP contribution in [0.5, 0.6) is 0 Å². The second-order valence-corrected chi connectivity index (χ2v) is 9.21. The van der Waals surface area contributed by atoms with Crippen LogP contribution in [-0.4, -0.2) is 61.5 Å². The average molecular weight is 519 g/mol. The van der Waals surface area contributed by atoms with Crippen LogP contribution < -0.4 is 4.90 Å². The van der Waals surface area contributed by atoms with Crippen molar-refractivity contribution in [1.82, 2.24) is 24.5 Å². The number of carbonyl (C=O) groups is 1. The highest BCUT2D eigenvalue weighted by atomic mass is 16.6. The average Bonchev–Trinajstić information content (AvgIpc) is 3.27. The smallest absolute Gasteiger partial charge is 0.280 e. The molecule has 2 aromatic heterocycles. The predicted octanol–water partition coefficient (Wildman–Crippen LogP) is 4.08. The summed E-state index contributed by atoms with van der Waals surface area (Å²) in [5, 5.41) is 30.6. The highest BCUT2D eigenvalue weighted by molar-refractivity contribution is 5.95. The maximum absolute atomic E-state index is 13.2. The number of amides is 1. The molecule has 1 aliphatic heterocycles. The van der Waals surface area contributed by atoms with Crippen LogP contribution in [0.3, 0.4) is 0 Å². The summed E-state index contributed by atoms with van der Waals surface area (Å²) in [5.41, 5.74) is 2.47. The Bertz CT molecular complexity index is 1790. The molecule has 11 heteroatoms. The Labute approximate surface area is 222 Å². The van der Waals surface area contributed by atoms with Crippen molar-refractivity contribution in [2.75, 3.05) is 31.1 Å². The first-order valence-corrected chi connectivity index (χ1v) is 12.5. The summed E-state index contributed by atoms with van der Waals surface area (Å²) in [6.07, 6.45) is 0.683. The topological polar surface area (TPSA) is 134 Å². The molecular formula is C28H22N8O3. The van der Waals surface area contributed by atoms with Crippen molar-refractivity contribution >= 4 is 34.1 Å². The van der Waals surface area contributed by atoms with Gasteiger partial charge in [0.15, 0.2) is 11.5 Å². The number of hydrogen-bond donors (Lipinski definition) is 0. The first-order valence-electron chi connectivity index (χ1n) is 12.5. The van der Waals surface area contributed by atoms with Crippen molar-refractivity contribution in [3.63, 3.8) is 0 Å². The summed E-state index contributed by atoms with van der Waals surface area (Å²) in [6.45, 7) is 2.08. The molecule has 11 nitrogen and oxygen atoms in total. The number of nitro groups is 1. The minimum Gasteiger partial charge on any atom is -0.340 e. The lowest BCUT2D eigenvalue weighted by Crippen LogP contribution is -2.36. The van der Waals surface area contributed by atoms with Gasteiger partial charge >= 0.3 is 0 Å². The number of nitrogens with zero attached hydrogens (tertiary/aromatic N) is 8. The molecule has 6 rings (SSSR count). The number of rotatable bonds is 4. The van der Waals surface area contributed by atoms with Gasteiger partial charge in [-0.15, -0.1) is 10.2 Å². The molecule has 0 atom stereocenters. The molecule has 192 valence electrons. The van der Waals surface area contributed by atoms with Crippen LogP contribution >= 0.6 is 0 Å². The Morgan fingerprint density at radius 3 is 2.62 bits per heavy atom. The van der Waals surface area contributed by atoms with Crippen LogP contribution in [0.15, 0.2) is 72.8 Å². The first-order chi connectivity index (χ1) is 19.0. The van der Waals surface area contributed by atoms with Crippen LogP contribution in [0.4, 0.5) is 11.6 Å². The van der Waals surface area contributed by atoms with Gasteiger partial charge in [-0.05, 0) is 42.8 Å². The van der Waals surface area contributed by atoms with Crippen LogP contribution in [0, 0.1) is 21.4 Å². The molecule has 39 heavy (non-hydrogen) atoms. The molecule has 0 N–H and O–H groups in total. The van der Waals surface area contributed by atoms with Gasteiger partial charge in [0.2, 0.25) is 5.95 Å². The summed E-state index contributed by atoms with van der Waals surface area (Å²) >= 11 is 0. The second kappa shape index (κ2) is 9.83. The molecule has 5 aromatic rings. The third-order valence-corrected chi connectivity index (χ3v) is 6.87. The van der Waals surface area contributed by atoms with Gasteiger partial charge in [-0.25, -0.2) is 9.38 Å². The van der Waals surface area contributed by atoms with Gasteiger partial charge in [0.05, 0.1) is 27.6 Å². The molecule has 1 fully saturated rings. The van der Waals surface area contributed by atoms with Crippen LogP contribution in [0.25, 0.3) is 27.9 Å². The molecule has 3 heterocycles. The molecule has 0 spiro atoms. The van der Waals surface area contributed by atoms with E-state index in [9.17, 15) is 20.2 Å². The number of nitro benzene ring substituents is 1. The summed E-state index contributed by atoms with van der Waals surface area (Å²) < 4.78 is 1.78. The zero-order valence-corrected chi connectivity index (χ0v) is 20.8. The standard InChI is InChI=1S/C28H22N8O3/c29-18-19-7-5-8-20(17-19)27(37)33-13-6-14-34(16-15-33)28-30-23-11-3-1-9-21(23)25-31-32-26(35(25)28)22-10-2-4-12-24(22)36(38)39/h1-5,7-12,17H,6,13-16H2. The fourth-order valence-corrected chi connectivity index (χ4v) is 5.00. The predicted molar refractivity (Wildman–Crippen MR) is 144 cm³/mol. The summed E-state index contributed by atoms with van der Waals surface area (Å²) in [6, 6.07) is 22.8. The highest BCUT2D eigenvalue weighted by Gasteiger charge is 2.27. The van der Waals surface area contributed by atoms with Crippen LogP contribution in [0.2, 0.25) is 0 Å². The van der Waals surface area contributed by atoms with E-state index in [2.05, 4.69) is 21.2 Å². The number of carbonyl (C=O) groups excluding carboxylic acids is 1. The van der Waals surface area contributed by atoms with E-state index in [4.69, 9.17) is 4.98 Å². The lowest BCUT2D eigenvalue weighted by molar-refractivity contribution is -0.384. The minimum atomic E-state index is -0.429. The zero-order chi connectivity index (χ0) is 26.9. The fraction of sp³-hybridized carbons (Fsp3) is 0.179. The monoisotopic (exact) mass is 518 g/mol. The maximum atomic E-state index is 13.2. The Hall–Kier alpha value is -5.37. The number of benzene rings is 3. The Kier molecular flexibility index (Phi) is 6.05. The molecule has 0 aliphatic carbocycles. The van der Waals surface area contributed by atoms with E-state index in [0.29, 0.717) is 66.7 Å². The molecule has 0 bridgehead atoms. The van der Waals surface area contributed by atoms with Gasteiger partial charge in [0.1, 0.15) is 0 Å². The molecule has 0 unspecified atom stereocenters. The van der Waals surface area contributed by atoms with E-state index in [1.807, 2.05) is 24.3 Å². The highest BCUT2D eigenvalue weighted by Crippen LogP contribution is 2.33. The van der Waals surface area contributed by atoms with Crippen LogP contribution in [0.1, 0.15) is 22.3 Å². The largest absolute Gasteiger partial charge is 0.340 e. The van der Waals surface area contributed by atoms with E-state index in [1.165, 1.54) is 6.07 Å². The van der Waals surface area contributed by atoms with Gasteiger partial charge in [-0.1, -0.05) is 30.3 Å². The maximum Gasteiger partial charge on any atom is 0.280 e. The SMILES string of the molecule is N#Cc1cccc(C(=O)N2CCCN(c3nc4ccccc4c4nnc(-c5ccccc5[N+](=O)[O-])n34)CC2)c1. The van der Waals surface area contributed by atoms with E-state index in [-0.39, 0.29) is 11.6 Å². The summed E-state index contributed by atoms with van der Waals surface area (Å²) in [4.78, 5) is 33.4. The Morgan fingerprint density at radius 2 is 1.77 bits per heavy atom. The molecule has 0 radical (unpaired) electrons. The van der Waals surface area contributed by atoms with Crippen molar-refractivity contribution in [3.8, 4) is 17.5 Å². The number of anilines is 1. The number of para-hydroxylation sites is 2. The first kappa shape index (κ1) is 24.0. The molecule has 0 saturated carbocycles. The third kappa shape index (κ3) is 4.27. The molecular weight excluding hydrogens is 496 g/mol. The quantitative estimate of drug-likeness (QED) is 0.257. The summed E-state index contributed by atoms with van der Waals surface area (Å²) in [7, 11) is 0. The van der Waals surface area contributed by atoms with Gasteiger partial charge in [-0.3, -0.25) is 14.9 Å². The van der Waals surface area contributed by atoms with E-state index in [0.717, 1.165) is 10.9 Å². The van der Waals surface area contributed by atoms with Gasteiger partial charge in [0.25, 0.3) is 11.6 Å². The minimum absolute atomic E-state index is 0.0712. The van der Waals surface area contributed by atoms with Gasteiger partial charge < -0.3 is 9.80 Å². The molecule has 1 amide bonds. The van der Waals surface area contributed by atoms with Gasteiger partial charge in [0, 0.05) is 43.2 Å². The van der Waals surface area contributed by atoms with Crippen LogP contribution in [-0.2, 0) is 0 Å². The zero-order valence-electron chi connectivity index (χ0n) is 20.8. The van der Waals surface area contributed by atoms with E-state index >= 15 is 0 Å². The second-order valence-electron chi connectivity index (χ2n) is 9.21. The van der Waals surface area contributed by atoms with Crippen molar-refractivity contribution < 1.29 is 9.72 Å².